The van der Waals surface area contributed by atoms with Crippen molar-refractivity contribution in [3.05, 3.63) is 35.9 Å². The Morgan fingerprint density at radius 3 is 2.22 bits per heavy atom. The van der Waals surface area contributed by atoms with Crippen LogP contribution in [0.4, 0.5) is 4.79 Å². The molecule has 0 unspecified atom stereocenters. The number of hydrogen-bond donors (Lipinski definition) is 1. The molecule has 1 N–H and O–H groups in total. The molecule has 0 aliphatic rings. The van der Waals surface area contributed by atoms with Gasteiger partial charge in [-0.1, -0.05) is 18.2 Å². The van der Waals surface area contributed by atoms with Gasteiger partial charge in [-0.05, 0) is 44.7 Å². The SMILES string of the molecule is CC(C)(C)OC(=O)N(NCl)C(=O)c1ccccc1. The summed E-state index contributed by atoms with van der Waals surface area (Å²) in [6, 6.07) is 8.30. The summed E-state index contributed by atoms with van der Waals surface area (Å²) >= 11 is 5.39. The zero-order chi connectivity index (χ0) is 13.8. The zero-order valence-corrected chi connectivity index (χ0v) is 11.2. The van der Waals surface area contributed by atoms with E-state index < -0.39 is 17.6 Å². The van der Waals surface area contributed by atoms with E-state index >= 15 is 0 Å². The van der Waals surface area contributed by atoms with Crippen LogP contribution in [-0.2, 0) is 4.74 Å². The van der Waals surface area contributed by atoms with E-state index in [0.29, 0.717) is 10.6 Å². The summed E-state index contributed by atoms with van der Waals surface area (Å²) in [6.07, 6.45) is -0.855. The van der Waals surface area contributed by atoms with Gasteiger partial charge < -0.3 is 4.74 Å². The number of ether oxygens (including phenoxy) is 1. The van der Waals surface area contributed by atoms with E-state index in [0.717, 1.165) is 0 Å². The van der Waals surface area contributed by atoms with Crippen molar-refractivity contribution >= 4 is 23.8 Å². The molecule has 1 rings (SSSR count). The van der Waals surface area contributed by atoms with E-state index in [9.17, 15) is 9.59 Å². The van der Waals surface area contributed by atoms with Crippen LogP contribution in [0.3, 0.4) is 0 Å². The van der Waals surface area contributed by atoms with E-state index in [4.69, 9.17) is 16.5 Å². The van der Waals surface area contributed by atoms with E-state index in [1.165, 1.54) is 0 Å². The van der Waals surface area contributed by atoms with Gasteiger partial charge in [-0.25, -0.2) is 4.79 Å². The molecule has 0 atom stereocenters. The van der Waals surface area contributed by atoms with Crippen molar-refractivity contribution in [1.29, 1.82) is 0 Å². The molecule has 0 aromatic heterocycles. The topological polar surface area (TPSA) is 58.6 Å². The largest absolute Gasteiger partial charge is 0.442 e. The summed E-state index contributed by atoms with van der Waals surface area (Å²) in [6.45, 7) is 5.10. The van der Waals surface area contributed by atoms with Crippen LogP contribution in [0.25, 0.3) is 0 Å². The average molecular weight is 271 g/mol. The second kappa shape index (κ2) is 5.84. The summed E-state index contributed by atoms with van der Waals surface area (Å²) in [7, 11) is 0. The normalized spacial score (nSPS) is 10.9. The zero-order valence-electron chi connectivity index (χ0n) is 10.4. The Bertz CT molecular complexity index is 429. The van der Waals surface area contributed by atoms with Crippen LogP contribution in [0.2, 0.25) is 0 Å². The summed E-state index contributed by atoms with van der Waals surface area (Å²) in [5, 5.41) is 0.613. The minimum atomic E-state index is -0.855. The molecule has 0 bridgehead atoms. The Hall–Kier alpha value is -1.59. The predicted molar refractivity (Wildman–Crippen MR) is 67.8 cm³/mol. The van der Waals surface area contributed by atoms with Crippen molar-refractivity contribution in [2.45, 2.75) is 26.4 Å². The number of carbonyl (C=O) groups excluding carboxylic acids is 2. The minimum absolute atomic E-state index is 0.330. The molecule has 2 amide bonds. The van der Waals surface area contributed by atoms with Crippen LogP contribution in [0.15, 0.2) is 30.3 Å². The number of carbonyl (C=O) groups is 2. The van der Waals surface area contributed by atoms with E-state index in [2.05, 4.69) is 0 Å². The van der Waals surface area contributed by atoms with Crippen LogP contribution < -0.4 is 4.94 Å². The lowest BCUT2D eigenvalue weighted by atomic mass is 10.2. The van der Waals surface area contributed by atoms with Gasteiger partial charge in [-0.2, -0.15) is 5.01 Å². The fraction of sp³-hybridized carbons (Fsp3) is 0.333. The number of rotatable bonds is 2. The minimum Gasteiger partial charge on any atom is -0.442 e. The summed E-state index contributed by atoms with van der Waals surface area (Å²) in [4.78, 5) is 25.7. The molecule has 1 aromatic rings. The van der Waals surface area contributed by atoms with Crippen molar-refractivity contribution in [3.63, 3.8) is 0 Å². The number of hydrazine groups is 1. The van der Waals surface area contributed by atoms with Crippen molar-refractivity contribution in [3.8, 4) is 0 Å². The highest BCUT2D eigenvalue weighted by molar-refractivity contribution is 6.16. The van der Waals surface area contributed by atoms with Gasteiger partial charge in [-0.3, -0.25) is 4.79 Å². The molecule has 18 heavy (non-hydrogen) atoms. The maximum Gasteiger partial charge on any atom is 0.433 e. The number of hydrogen-bond acceptors (Lipinski definition) is 4. The highest BCUT2D eigenvalue weighted by Gasteiger charge is 2.27. The molecule has 1 aromatic carbocycles. The van der Waals surface area contributed by atoms with E-state index in [1.807, 2.05) is 4.94 Å². The van der Waals surface area contributed by atoms with Gasteiger partial charge in [0.05, 0.1) is 0 Å². The number of nitrogens with one attached hydrogen (secondary N) is 1. The Balaban J connectivity index is 2.84. The first-order valence-corrected chi connectivity index (χ1v) is 5.71. The fourth-order valence-electron chi connectivity index (χ4n) is 1.17. The first kappa shape index (κ1) is 14.5. The molecule has 5 nitrogen and oxygen atoms in total. The summed E-state index contributed by atoms with van der Waals surface area (Å²) in [5.74, 6) is -0.583. The lowest BCUT2D eigenvalue weighted by Gasteiger charge is -2.24. The lowest BCUT2D eigenvalue weighted by Crippen LogP contribution is -2.45. The smallest absolute Gasteiger partial charge is 0.433 e. The number of amides is 2. The number of nitrogens with zero attached hydrogens (tertiary/aromatic N) is 1. The maximum absolute atomic E-state index is 12.0. The highest BCUT2D eigenvalue weighted by Crippen LogP contribution is 2.11. The maximum atomic E-state index is 12.0. The van der Waals surface area contributed by atoms with Crippen molar-refractivity contribution in [2.75, 3.05) is 0 Å². The van der Waals surface area contributed by atoms with Crippen molar-refractivity contribution < 1.29 is 14.3 Å². The molecule has 98 valence electrons. The molecule has 0 spiro atoms. The molecule has 0 fully saturated rings. The Kier molecular flexibility index (Phi) is 4.69. The average Bonchev–Trinajstić information content (AvgIpc) is 2.28. The summed E-state index contributed by atoms with van der Waals surface area (Å²) < 4.78 is 5.05. The van der Waals surface area contributed by atoms with Gasteiger partial charge in [0.2, 0.25) is 0 Å². The van der Waals surface area contributed by atoms with Crippen LogP contribution in [-0.4, -0.2) is 22.6 Å². The fourth-order valence-corrected chi connectivity index (χ4v) is 1.32. The third-order valence-corrected chi connectivity index (χ3v) is 2.05. The monoisotopic (exact) mass is 270 g/mol. The summed E-state index contributed by atoms with van der Waals surface area (Å²) in [5.41, 5.74) is -0.378. The molecule has 0 aliphatic carbocycles. The molecular formula is C12H15ClN2O3. The van der Waals surface area contributed by atoms with Gasteiger partial charge in [0.1, 0.15) is 5.60 Å². The quantitative estimate of drug-likeness (QED) is 0.663. The Labute approximate surface area is 111 Å². The first-order valence-electron chi connectivity index (χ1n) is 5.34. The number of halogens is 1. The molecule has 0 saturated carbocycles. The van der Waals surface area contributed by atoms with Crippen LogP contribution in [0, 0.1) is 0 Å². The number of imide groups is 1. The van der Waals surface area contributed by atoms with Crippen molar-refractivity contribution in [1.82, 2.24) is 9.95 Å². The Morgan fingerprint density at radius 2 is 1.78 bits per heavy atom. The van der Waals surface area contributed by atoms with Crippen LogP contribution in [0.1, 0.15) is 31.1 Å². The predicted octanol–water partition coefficient (Wildman–Crippen LogP) is 2.72. The van der Waals surface area contributed by atoms with Crippen LogP contribution in [0.5, 0.6) is 0 Å². The molecular weight excluding hydrogens is 256 g/mol. The third-order valence-electron chi connectivity index (χ3n) is 1.88. The van der Waals surface area contributed by atoms with Crippen molar-refractivity contribution in [2.24, 2.45) is 0 Å². The first-order chi connectivity index (χ1) is 8.35. The van der Waals surface area contributed by atoms with Gasteiger partial charge >= 0.3 is 6.09 Å². The third kappa shape index (κ3) is 4.01. The standard InChI is InChI=1S/C12H15ClN2O3/c1-12(2,3)18-11(17)15(14-13)10(16)9-7-5-4-6-8-9/h4-8,14H,1-3H3. The van der Waals surface area contributed by atoms with Gasteiger partial charge in [0.25, 0.3) is 5.91 Å². The highest BCUT2D eigenvalue weighted by atomic mass is 35.5. The number of benzene rings is 1. The Morgan fingerprint density at radius 1 is 1.22 bits per heavy atom. The molecule has 0 heterocycles. The lowest BCUT2D eigenvalue weighted by molar-refractivity contribution is 0.0202. The molecule has 0 radical (unpaired) electrons. The van der Waals surface area contributed by atoms with E-state index in [-0.39, 0.29) is 0 Å². The molecule has 0 saturated heterocycles. The van der Waals surface area contributed by atoms with Gasteiger partial charge in [0.15, 0.2) is 0 Å². The van der Waals surface area contributed by atoms with E-state index in [1.54, 1.807) is 51.1 Å². The second-order valence-electron chi connectivity index (χ2n) is 4.57. The van der Waals surface area contributed by atoms with Crippen LogP contribution >= 0.6 is 11.8 Å². The van der Waals surface area contributed by atoms with Gasteiger partial charge in [0, 0.05) is 5.56 Å². The molecule has 0 aliphatic heterocycles. The second-order valence-corrected chi connectivity index (χ2v) is 4.74. The van der Waals surface area contributed by atoms with Gasteiger partial charge in [-0.15, -0.1) is 4.94 Å². The molecule has 6 heteroatoms.